The lowest BCUT2D eigenvalue weighted by Gasteiger charge is -2.34. The first-order valence-electron chi connectivity index (χ1n) is 9.01. The number of aryl methyl sites for hydroxylation is 2. The highest BCUT2D eigenvalue weighted by molar-refractivity contribution is 7.89. The van der Waals surface area contributed by atoms with Crippen LogP contribution in [0, 0.1) is 19.7 Å². The molecular weight excluding hydrogens is 367 g/mol. The second kappa shape index (κ2) is 8.48. The Labute approximate surface area is 160 Å². The molecule has 1 fully saturated rings. The van der Waals surface area contributed by atoms with Crippen LogP contribution < -0.4 is 4.72 Å². The molecule has 7 heteroatoms. The monoisotopic (exact) mass is 392 g/mol. The molecule has 5 nitrogen and oxygen atoms in total. The third-order valence-electron chi connectivity index (χ3n) is 5.00. The van der Waals surface area contributed by atoms with E-state index in [4.69, 9.17) is 4.74 Å². The molecule has 1 aliphatic heterocycles. The van der Waals surface area contributed by atoms with Gasteiger partial charge in [-0.25, -0.2) is 17.5 Å². The Morgan fingerprint density at radius 3 is 2.37 bits per heavy atom. The topological polar surface area (TPSA) is 58.6 Å². The van der Waals surface area contributed by atoms with Crippen LogP contribution in [0.15, 0.2) is 47.4 Å². The highest BCUT2D eigenvalue weighted by Gasteiger charge is 2.25. The van der Waals surface area contributed by atoms with E-state index in [-0.39, 0.29) is 23.3 Å². The number of hydrogen-bond donors (Lipinski definition) is 1. The lowest BCUT2D eigenvalue weighted by molar-refractivity contribution is 0.0172. The SMILES string of the molecule is Cc1ccc(S(=O)(=O)NCC(c2ccc(F)cc2)N2CCOCC2)cc1C. The van der Waals surface area contributed by atoms with Crippen LogP contribution in [0.5, 0.6) is 0 Å². The van der Waals surface area contributed by atoms with Gasteiger partial charge >= 0.3 is 0 Å². The molecule has 1 aliphatic rings. The zero-order valence-corrected chi connectivity index (χ0v) is 16.4. The van der Waals surface area contributed by atoms with Crippen molar-refractivity contribution in [2.45, 2.75) is 24.8 Å². The highest BCUT2D eigenvalue weighted by Crippen LogP contribution is 2.23. The van der Waals surface area contributed by atoms with E-state index >= 15 is 0 Å². The fourth-order valence-corrected chi connectivity index (χ4v) is 4.31. The number of rotatable bonds is 6. The van der Waals surface area contributed by atoms with Crippen LogP contribution >= 0.6 is 0 Å². The van der Waals surface area contributed by atoms with Crippen molar-refractivity contribution < 1.29 is 17.5 Å². The zero-order valence-electron chi connectivity index (χ0n) is 15.6. The lowest BCUT2D eigenvalue weighted by Crippen LogP contribution is -2.43. The number of hydrogen-bond acceptors (Lipinski definition) is 4. The molecule has 3 rings (SSSR count). The van der Waals surface area contributed by atoms with Crippen LogP contribution in [0.4, 0.5) is 4.39 Å². The van der Waals surface area contributed by atoms with E-state index < -0.39 is 10.0 Å². The number of ether oxygens (including phenoxy) is 1. The summed E-state index contributed by atoms with van der Waals surface area (Å²) >= 11 is 0. The van der Waals surface area contributed by atoms with Crippen molar-refractivity contribution in [1.82, 2.24) is 9.62 Å². The first-order valence-corrected chi connectivity index (χ1v) is 10.5. The molecule has 27 heavy (non-hydrogen) atoms. The number of benzene rings is 2. The van der Waals surface area contributed by atoms with E-state index in [1.807, 2.05) is 19.9 Å². The molecule has 1 saturated heterocycles. The molecule has 2 aromatic rings. The van der Waals surface area contributed by atoms with Gasteiger partial charge in [0.05, 0.1) is 18.1 Å². The second-order valence-corrected chi connectivity index (χ2v) is 8.58. The minimum Gasteiger partial charge on any atom is -0.379 e. The van der Waals surface area contributed by atoms with Gasteiger partial charge in [0.2, 0.25) is 10.0 Å². The Bertz CT molecular complexity index is 879. The van der Waals surface area contributed by atoms with E-state index in [0.717, 1.165) is 16.7 Å². The molecule has 1 unspecified atom stereocenters. The van der Waals surface area contributed by atoms with Crippen molar-refractivity contribution in [3.05, 3.63) is 65.0 Å². The van der Waals surface area contributed by atoms with Crippen LogP contribution in [-0.4, -0.2) is 46.2 Å². The van der Waals surface area contributed by atoms with Gasteiger partial charge in [-0.2, -0.15) is 0 Å². The number of halogens is 1. The predicted octanol–water partition coefficient (Wildman–Crippen LogP) is 2.79. The van der Waals surface area contributed by atoms with Crippen LogP contribution in [0.1, 0.15) is 22.7 Å². The Balaban J connectivity index is 1.80. The molecule has 1 heterocycles. The molecule has 0 radical (unpaired) electrons. The molecule has 0 spiro atoms. The Morgan fingerprint density at radius 1 is 1.07 bits per heavy atom. The number of morpholine rings is 1. The molecule has 0 saturated carbocycles. The quantitative estimate of drug-likeness (QED) is 0.821. The standard InChI is InChI=1S/C20H25FN2O3S/c1-15-3-8-19(13-16(15)2)27(24,25)22-14-20(23-9-11-26-12-10-23)17-4-6-18(21)7-5-17/h3-8,13,20,22H,9-12,14H2,1-2H3. The third-order valence-corrected chi connectivity index (χ3v) is 6.42. The van der Waals surface area contributed by atoms with E-state index in [0.29, 0.717) is 26.3 Å². The fourth-order valence-electron chi connectivity index (χ4n) is 3.18. The minimum absolute atomic E-state index is 0.184. The van der Waals surface area contributed by atoms with E-state index in [1.165, 1.54) is 12.1 Å². The summed E-state index contributed by atoms with van der Waals surface area (Å²) < 4.78 is 47.0. The van der Waals surface area contributed by atoms with Gasteiger partial charge in [0, 0.05) is 25.7 Å². The van der Waals surface area contributed by atoms with Gasteiger partial charge in [-0.1, -0.05) is 18.2 Å². The van der Waals surface area contributed by atoms with Crippen molar-refractivity contribution in [3.63, 3.8) is 0 Å². The number of sulfonamides is 1. The number of nitrogens with zero attached hydrogens (tertiary/aromatic N) is 1. The lowest BCUT2D eigenvalue weighted by atomic mass is 10.0. The molecular formula is C20H25FN2O3S. The van der Waals surface area contributed by atoms with Gasteiger partial charge in [-0.05, 0) is 54.8 Å². The van der Waals surface area contributed by atoms with Gasteiger partial charge in [0.25, 0.3) is 0 Å². The van der Waals surface area contributed by atoms with Gasteiger partial charge in [-0.3, -0.25) is 4.90 Å². The zero-order chi connectivity index (χ0) is 19.4. The smallest absolute Gasteiger partial charge is 0.240 e. The average molecular weight is 392 g/mol. The van der Waals surface area contributed by atoms with Crippen molar-refractivity contribution in [1.29, 1.82) is 0 Å². The highest BCUT2D eigenvalue weighted by atomic mass is 32.2. The van der Waals surface area contributed by atoms with Gasteiger partial charge < -0.3 is 4.74 Å². The molecule has 2 aromatic carbocycles. The summed E-state index contributed by atoms with van der Waals surface area (Å²) in [4.78, 5) is 2.42. The van der Waals surface area contributed by atoms with E-state index in [9.17, 15) is 12.8 Å². The van der Waals surface area contributed by atoms with E-state index in [1.54, 1.807) is 24.3 Å². The van der Waals surface area contributed by atoms with Crippen molar-refractivity contribution in [2.24, 2.45) is 0 Å². The molecule has 0 amide bonds. The molecule has 0 aliphatic carbocycles. The molecule has 146 valence electrons. The minimum atomic E-state index is -3.63. The summed E-state index contributed by atoms with van der Waals surface area (Å²) in [7, 11) is -3.63. The summed E-state index contributed by atoms with van der Waals surface area (Å²) in [6.07, 6.45) is 0. The largest absolute Gasteiger partial charge is 0.379 e. The Morgan fingerprint density at radius 2 is 1.74 bits per heavy atom. The predicted molar refractivity (Wildman–Crippen MR) is 103 cm³/mol. The molecule has 0 bridgehead atoms. The third kappa shape index (κ3) is 4.93. The van der Waals surface area contributed by atoms with Gasteiger partial charge in [-0.15, -0.1) is 0 Å². The van der Waals surface area contributed by atoms with Crippen molar-refractivity contribution in [3.8, 4) is 0 Å². The van der Waals surface area contributed by atoms with Gasteiger partial charge in [0.1, 0.15) is 5.82 Å². The van der Waals surface area contributed by atoms with E-state index in [2.05, 4.69) is 9.62 Å². The summed E-state index contributed by atoms with van der Waals surface area (Å²) in [5.74, 6) is -0.310. The van der Waals surface area contributed by atoms with Crippen molar-refractivity contribution in [2.75, 3.05) is 32.8 Å². The summed E-state index contributed by atoms with van der Waals surface area (Å²) in [5, 5.41) is 0. The average Bonchev–Trinajstić information content (AvgIpc) is 2.66. The fraction of sp³-hybridized carbons (Fsp3) is 0.400. The van der Waals surface area contributed by atoms with Crippen LogP contribution in [0.2, 0.25) is 0 Å². The van der Waals surface area contributed by atoms with Gasteiger partial charge in [0.15, 0.2) is 0 Å². The second-order valence-electron chi connectivity index (χ2n) is 6.81. The Hall–Kier alpha value is -1.80. The normalized spacial score (nSPS) is 17.0. The van der Waals surface area contributed by atoms with Crippen molar-refractivity contribution >= 4 is 10.0 Å². The molecule has 0 aromatic heterocycles. The first-order chi connectivity index (χ1) is 12.9. The van der Waals surface area contributed by atoms with Crippen LogP contribution in [0.25, 0.3) is 0 Å². The maximum absolute atomic E-state index is 13.3. The summed E-state index contributed by atoms with van der Waals surface area (Å²) in [5.41, 5.74) is 2.86. The van der Waals surface area contributed by atoms with Crippen LogP contribution in [-0.2, 0) is 14.8 Å². The first kappa shape index (κ1) is 19.9. The Kier molecular flexibility index (Phi) is 6.26. The maximum atomic E-state index is 13.3. The van der Waals surface area contributed by atoms with Crippen LogP contribution in [0.3, 0.4) is 0 Å². The maximum Gasteiger partial charge on any atom is 0.240 e. The summed E-state index contributed by atoms with van der Waals surface area (Å²) in [6.45, 7) is 6.65. The molecule has 1 atom stereocenters. The number of nitrogens with one attached hydrogen (secondary N) is 1. The summed E-state index contributed by atoms with van der Waals surface area (Å²) in [6, 6.07) is 11.1. The molecule has 1 N–H and O–H groups in total.